The lowest BCUT2D eigenvalue weighted by atomic mass is 9.99. The van der Waals surface area contributed by atoms with E-state index in [1.54, 1.807) is 18.5 Å². The van der Waals surface area contributed by atoms with Crippen LogP contribution in [-0.4, -0.2) is 14.1 Å². The van der Waals surface area contributed by atoms with Crippen molar-refractivity contribution in [2.24, 2.45) is 0 Å². The van der Waals surface area contributed by atoms with E-state index in [4.69, 9.17) is 0 Å². The summed E-state index contributed by atoms with van der Waals surface area (Å²) in [6.45, 7) is 4.10. The summed E-state index contributed by atoms with van der Waals surface area (Å²) in [4.78, 5) is 4.51. The van der Waals surface area contributed by atoms with Crippen molar-refractivity contribution in [2.75, 3.05) is 0 Å². The molecule has 0 radical (unpaired) electrons. The Morgan fingerprint density at radius 3 is 1.64 bits per heavy atom. The zero-order valence-corrected chi connectivity index (χ0v) is 24.0. The molecule has 0 amide bonds. The Morgan fingerprint density at radius 2 is 1.05 bits per heavy atom. The minimum atomic E-state index is -4.51. The van der Waals surface area contributed by atoms with E-state index in [2.05, 4.69) is 52.9 Å². The number of halogens is 3. The Hall–Kier alpha value is -5.36. The van der Waals surface area contributed by atoms with Crippen LogP contribution in [0, 0.1) is 13.8 Å². The lowest BCUT2D eigenvalue weighted by Crippen LogP contribution is -2.08. The first-order valence-electron chi connectivity index (χ1n) is 14.5. The van der Waals surface area contributed by atoms with Crippen LogP contribution < -0.4 is 0 Å². The van der Waals surface area contributed by atoms with Gasteiger partial charge in [-0.15, -0.1) is 0 Å². The predicted octanol–water partition coefficient (Wildman–Crippen LogP) is 10.6. The number of aromatic nitrogens is 3. The molecule has 214 valence electrons. The molecule has 8 aromatic rings. The zero-order valence-electron chi connectivity index (χ0n) is 24.0. The van der Waals surface area contributed by atoms with Crippen LogP contribution in [-0.2, 0) is 6.18 Å². The maximum absolute atomic E-state index is 14.3. The molecule has 0 spiro atoms. The molecule has 0 fully saturated rings. The van der Waals surface area contributed by atoms with E-state index in [1.807, 2.05) is 66.1 Å². The molecule has 3 nitrogen and oxygen atoms in total. The van der Waals surface area contributed by atoms with Crippen LogP contribution in [0.2, 0.25) is 0 Å². The normalized spacial score (nSPS) is 12.2. The molecule has 0 saturated heterocycles. The Labute approximate surface area is 251 Å². The quantitative estimate of drug-likeness (QED) is 0.204. The SMILES string of the molecule is Cc1ccc2c(c1)c1ccccc1n2-c1cnccc1-c1ccc(C(F)(F)F)cc1-n1c2ccccc2c2cc(C)ccc21. The number of pyridine rings is 1. The third-order valence-electron chi connectivity index (χ3n) is 8.55. The lowest BCUT2D eigenvalue weighted by molar-refractivity contribution is -0.137. The van der Waals surface area contributed by atoms with Gasteiger partial charge in [-0.05, 0) is 68.4 Å². The molecule has 0 atom stereocenters. The van der Waals surface area contributed by atoms with Crippen LogP contribution >= 0.6 is 0 Å². The highest BCUT2D eigenvalue weighted by Crippen LogP contribution is 2.42. The maximum Gasteiger partial charge on any atom is 0.416 e. The standard InChI is InChI=1S/C38H26F3N3/c1-23-11-15-34-30(19-23)26-7-3-5-9-32(26)43(34)36-21-25(38(39,40)41)13-14-28(36)29-17-18-42-22-37(29)44-33-10-6-4-8-27(33)31-20-24(2)12-16-35(31)44/h3-22H,1-2H3. The number of nitrogens with zero attached hydrogens (tertiary/aromatic N) is 3. The molecular formula is C38H26F3N3. The van der Waals surface area contributed by atoms with Gasteiger partial charge in [0.1, 0.15) is 0 Å². The summed E-state index contributed by atoms with van der Waals surface area (Å²) >= 11 is 0. The summed E-state index contributed by atoms with van der Waals surface area (Å²) in [6, 6.07) is 34.5. The molecule has 0 N–H and O–H groups in total. The highest BCUT2D eigenvalue weighted by Gasteiger charge is 2.32. The molecule has 44 heavy (non-hydrogen) atoms. The maximum atomic E-state index is 14.3. The van der Waals surface area contributed by atoms with E-state index in [0.29, 0.717) is 11.3 Å². The Kier molecular flexibility index (Phi) is 5.72. The van der Waals surface area contributed by atoms with Crippen LogP contribution in [0.25, 0.3) is 66.1 Å². The van der Waals surface area contributed by atoms with E-state index in [0.717, 1.165) is 66.0 Å². The second-order valence-electron chi connectivity index (χ2n) is 11.4. The number of benzene rings is 5. The number of hydrogen-bond acceptors (Lipinski definition) is 1. The summed E-state index contributed by atoms with van der Waals surface area (Å²) in [5, 5.41) is 4.20. The summed E-state index contributed by atoms with van der Waals surface area (Å²) in [5.74, 6) is 0. The van der Waals surface area contributed by atoms with Gasteiger partial charge in [0.05, 0.1) is 45.2 Å². The van der Waals surface area contributed by atoms with E-state index >= 15 is 0 Å². The van der Waals surface area contributed by atoms with Gasteiger partial charge in [-0.25, -0.2) is 0 Å². The molecule has 3 heterocycles. The minimum Gasteiger partial charge on any atom is -0.309 e. The summed E-state index contributed by atoms with van der Waals surface area (Å²) in [5.41, 5.74) is 7.95. The van der Waals surface area contributed by atoms with Crippen molar-refractivity contribution in [3.8, 4) is 22.5 Å². The molecule has 0 aliphatic carbocycles. The lowest BCUT2D eigenvalue weighted by Gasteiger charge is -2.20. The summed E-state index contributed by atoms with van der Waals surface area (Å²) in [7, 11) is 0. The average molecular weight is 582 g/mol. The van der Waals surface area contributed by atoms with Crippen LogP contribution in [0.4, 0.5) is 13.2 Å². The van der Waals surface area contributed by atoms with Gasteiger partial charge in [-0.2, -0.15) is 13.2 Å². The smallest absolute Gasteiger partial charge is 0.309 e. The number of fused-ring (bicyclic) bond motifs is 6. The highest BCUT2D eigenvalue weighted by atomic mass is 19.4. The topological polar surface area (TPSA) is 22.8 Å². The second-order valence-corrected chi connectivity index (χ2v) is 11.4. The zero-order chi connectivity index (χ0) is 30.2. The molecule has 3 aromatic heterocycles. The van der Waals surface area contributed by atoms with Gasteiger partial charge >= 0.3 is 6.18 Å². The van der Waals surface area contributed by atoms with Crippen LogP contribution in [0.5, 0.6) is 0 Å². The second kappa shape index (κ2) is 9.58. The van der Waals surface area contributed by atoms with E-state index in [9.17, 15) is 13.2 Å². The van der Waals surface area contributed by atoms with Gasteiger partial charge in [0.25, 0.3) is 0 Å². The number of rotatable bonds is 3. The van der Waals surface area contributed by atoms with Gasteiger partial charge < -0.3 is 9.13 Å². The molecule has 8 rings (SSSR count). The van der Waals surface area contributed by atoms with Gasteiger partial charge in [-0.1, -0.05) is 65.7 Å². The third-order valence-corrected chi connectivity index (χ3v) is 8.55. The molecule has 5 aromatic carbocycles. The van der Waals surface area contributed by atoms with Crippen molar-refractivity contribution in [2.45, 2.75) is 20.0 Å². The minimum absolute atomic E-state index is 0.457. The molecular weight excluding hydrogens is 555 g/mol. The van der Waals surface area contributed by atoms with Crippen LogP contribution in [0.15, 0.2) is 122 Å². The Bertz CT molecular complexity index is 2410. The fraction of sp³-hybridized carbons (Fsp3) is 0.0789. The predicted molar refractivity (Wildman–Crippen MR) is 173 cm³/mol. The number of aryl methyl sites for hydroxylation is 2. The van der Waals surface area contributed by atoms with Crippen LogP contribution in [0.3, 0.4) is 0 Å². The van der Waals surface area contributed by atoms with Crippen molar-refractivity contribution in [1.82, 2.24) is 14.1 Å². The van der Waals surface area contributed by atoms with E-state index < -0.39 is 11.7 Å². The number of para-hydroxylation sites is 2. The van der Waals surface area contributed by atoms with Crippen molar-refractivity contribution in [3.05, 3.63) is 138 Å². The van der Waals surface area contributed by atoms with E-state index in [-0.39, 0.29) is 0 Å². The van der Waals surface area contributed by atoms with Crippen molar-refractivity contribution in [3.63, 3.8) is 0 Å². The summed E-state index contributed by atoms with van der Waals surface area (Å²) in [6.07, 6.45) is -1.00. The van der Waals surface area contributed by atoms with Crippen LogP contribution in [0.1, 0.15) is 16.7 Å². The fourth-order valence-corrected chi connectivity index (χ4v) is 6.61. The Morgan fingerprint density at radius 1 is 0.523 bits per heavy atom. The summed E-state index contributed by atoms with van der Waals surface area (Å²) < 4.78 is 47.0. The fourth-order valence-electron chi connectivity index (χ4n) is 6.61. The first-order chi connectivity index (χ1) is 21.3. The van der Waals surface area contributed by atoms with Crippen molar-refractivity contribution < 1.29 is 13.2 Å². The number of hydrogen-bond donors (Lipinski definition) is 0. The van der Waals surface area contributed by atoms with Crippen molar-refractivity contribution in [1.29, 1.82) is 0 Å². The first-order valence-corrected chi connectivity index (χ1v) is 14.5. The molecule has 6 heteroatoms. The highest BCUT2D eigenvalue weighted by molar-refractivity contribution is 6.11. The largest absolute Gasteiger partial charge is 0.416 e. The average Bonchev–Trinajstić information content (AvgIpc) is 3.52. The monoisotopic (exact) mass is 581 g/mol. The third kappa shape index (κ3) is 3.94. The Balaban J connectivity index is 1.49. The van der Waals surface area contributed by atoms with E-state index in [1.165, 1.54) is 12.1 Å². The van der Waals surface area contributed by atoms with Gasteiger partial charge in [0.15, 0.2) is 0 Å². The van der Waals surface area contributed by atoms with Gasteiger partial charge in [0.2, 0.25) is 0 Å². The molecule has 0 unspecified atom stereocenters. The van der Waals surface area contributed by atoms with Gasteiger partial charge in [-0.3, -0.25) is 4.98 Å². The van der Waals surface area contributed by atoms with Crippen molar-refractivity contribution >= 4 is 43.6 Å². The first kappa shape index (κ1) is 26.3. The number of alkyl halides is 3. The molecule has 0 aliphatic rings. The molecule has 0 saturated carbocycles. The van der Waals surface area contributed by atoms with Gasteiger partial charge in [0, 0.05) is 38.9 Å². The molecule has 0 aliphatic heterocycles. The molecule has 0 bridgehead atoms.